The lowest BCUT2D eigenvalue weighted by Gasteiger charge is -2.16. The number of aryl methyl sites for hydroxylation is 1. The molecule has 0 aliphatic carbocycles. The lowest BCUT2D eigenvalue weighted by molar-refractivity contribution is 0.0690. The Labute approximate surface area is 119 Å². The molecule has 0 amide bonds. The van der Waals surface area contributed by atoms with Gasteiger partial charge < -0.3 is 10.0 Å². The third-order valence-corrected chi connectivity index (χ3v) is 3.64. The van der Waals surface area contributed by atoms with Gasteiger partial charge in [-0.1, -0.05) is 11.6 Å². The molecule has 2 aromatic heterocycles. The van der Waals surface area contributed by atoms with Crippen LogP contribution in [0.1, 0.15) is 21.1 Å². The minimum absolute atomic E-state index is 0.00133. The van der Waals surface area contributed by atoms with Gasteiger partial charge >= 0.3 is 5.97 Å². The maximum atomic E-state index is 11.0. The second-order valence-corrected chi connectivity index (χ2v) is 5.86. The van der Waals surface area contributed by atoms with Crippen molar-refractivity contribution in [3.05, 3.63) is 38.8 Å². The van der Waals surface area contributed by atoms with Crippen molar-refractivity contribution in [1.29, 1.82) is 0 Å². The van der Waals surface area contributed by atoms with Gasteiger partial charge in [-0.3, -0.25) is 0 Å². The molecule has 100 valence electrons. The molecular weight excluding hydrogens is 286 g/mol. The summed E-state index contributed by atoms with van der Waals surface area (Å²) >= 11 is 7.35. The highest BCUT2D eigenvalue weighted by Gasteiger charge is 2.12. The molecule has 0 fully saturated rings. The van der Waals surface area contributed by atoms with Crippen LogP contribution in [0.2, 0.25) is 4.34 Å². The summed E-state index contributed by atoms with van der Waals surface area (Å²) < 4.78 is 0.722. The van der Waals surface area contributed by atoms with Crippen LogP contribution < -0.4 is 4.90 Å². The van der Waals surface area contributed by atoms with E-state index >= 15 is 0 Å². The van der Waals surface area contributed by atoms with Gasteiger partial charge in [0.15, 0.2) is 5.69 Å². The number of carboxylic acids is 1. The standard InChI is InChI=1S/C12H12ClN3O2S/c1-7-5-9(11(17)18)15-12(14-7)16(2)6-8-3-4-10(13)19-8/h3-5H,6H2,1-2H3,(H,17,18). The number of aromatic nitrogens is 2. The van der Waals surface area contributed by atoms with E-state index in [1.165, 1.54) is 17.4 Å². The number of nitrogens with zero attached hydrogens (tertiary/aromatic N) is 3. The first kappa shape index (κ1) is 13.8. The number of carbonyl (C=O) groups is 1. The minimum Gasteiger partial charge on any atom is -0.477 e. The van der Waals surface area contributed by atoms with Gasteiger partial charge in [-0.2, -0.15) is 0 Å². The zero-order valence-corrected chi connectivity index (χ0v) is 12.0. The first-order chi connectivity index (χ1) is 8.95. The lowest BCUT2D eigenvalue weighted by Crippen LogP contribution is -2.20. The van der Waals surface area contributed by atoms with Gasteiger partial charge in [0, 0.05) is 17.6 Å². The van der Waals surface area contributed by atoms with E-state index in [0.717, 1.165) is 9.21 Å². The van der Waals surface area contributed by atoms with Gasteiger partial charge in [0.05, 0.1) is 10.9 Å². The Morgan fingerprint density at radius 3 is 2.79 bits per heavy atom. The molecule has 0 spiro atoms. The van der Waals surface area contributed by atoms with Gasteiger partial charge in [0.1, 0.15) is 0 Å². The van der Waals surface area contributed by atoms with Gasteiger partial charge in [0.2, 0.25) is 5.95 Å². The van der Waals surface area contributed by atoms with E-state index in [2.05, 4.69) is 9.97 Å². The zero-order valence-electron chi connectivity index (χ0n) is 10.4. The van der Waals surface area contributed by atoms with Crippen molar-refractivity contribution in [3.8, 4) is 0 Å². The molecule has 2 aromatic rings. The molecule has 0 aliphatic heterocycles. The SMILES string of the molecule is Cc1cc(C(=O)O)nc(N(C)Cc2ccc(Cl)s2)n1. The minimum atomic E-state index is -1.06. The second-order valence-electron chi connectivity index (χ2n) is 4.06. The van der Waals surface area contributed by atoms with Crippen molar-refractivity contribution in [1.82, 2.24) is 9.97 Å². The van der Waals surface area contributed by atoms with E-state index in [4.69, 9.17) is 16.7 Å². The normalized spacial score (nSPS) is 10.5. The highest BCUT2D eigenvalue weighted by atomic mass is 35.5. The predicted octanol–water partition coefficient (Wildman–Crippen LogP) is 2.83. The van der Waals surface area contributed by atoms with E-state index in [0.29, 0.717) is 18.2 Å². The summed E-state index contributed by atoms with van der Waals surface area (Å²) in [5.41, 5.74) is 0.622. The summed E-state index contributed by atoms with van der Waals surface area (Å²) in [6, 6.07) is 5.20. The number of carboxylic acid groups (broad SMARTS) is 1. The van der Waals surface area contributed by atoms with Crippen LogP contribution in [0, 0.1) is 6.92 Å². The van der Waals surface area contributed by atoms with Gasteiger partial charge in [0.25, 0.3) is 0 Å². The van der Waals surface area contributed by atoms with E-state index < -0.39 is 5.97 Å². The second kappa shape index (κ2) is 5.54. The molecule has 2 heterocycles. The van der Waals surface area contributed by atoms with Gasteiger partial charge in [-0.15, -0.1) is 11.3 Å². The Morgan fingerprint density at radius 1 is 1.47 bits per heavy atom. The van der Waals surface area contributed by atoms with E-state index in [9.17, 15) is 4.79 Å². The summed E-state index contributed by atoms with van der Waals surface area (Å²) in [7, 11) is 1.81. The molecule has 2 rings (SSSR count). The fraction of sp³-hybridized carbons (Fsp3) is 0.250. The van der Waals surface area contributed by atoms with E-state index in [1.54, 1.807) is 11.8 Å². The number of anilines is 1. The van der Waals surface area contributed by atoms with Crippen LogP contribution >= 0.6 is 22.9 Å². The van der Waals surface area contributed by atoms with Crippen molar-refractivity contribution in [2.24, 2.45) is 0 Å². The molecule has 0 bridgehead atoms. The molecule has 0 aliphatic rings. The highest BCUT2D eigenvalue weighted by molar-refractivity contribution is 7.16. The number of rotatable bonds is 4. The fourth-order valence-corrected chi connectivity index (χ4v) is 2.72. The average molecular weight is 298 g/mol. The van der Waals surface area contributed by atoms with E-state index in [-0.39, 0.29) is 5.69 Å². The van der Waals surface area contributed by atoms with Gasteiger partial charge in [-0.05, 0) is 25.1 Å². The topological polar surface area (TPSA) is 66.3 Å². The lowest BCUT2D eigenvalue weighted by atomic mass is 10.3. The van der Waals surface area contributed by atoms with Crippen molar-refractivity contribution < 1.29 is 9.90 Å². The summed E-state index contributed by atoms with van der Waals surface area (Å²) in [5.74, 6) is -0.666. The number of halogens is 1. The Kier molecular flexibility index (Phi) is 4.01. The molecule has 1 N–H and O–H groups in total. The third-order valence-electron chi connectivity index (χ3n) is 2.42. The maximum absolute atomic E-state index is 11.0. The first-order valence-electron chi connectivity index (χ1n) is 5.50. The Balaban J connectivity index is 2.23. The van der Waals surface area contributed by atoms with Crippen molar-refractivity contribution in [3.63, 3.8) is 0 Å². The Morgan fingerprint density at radius 2 is 2.21 bits per heavy atom. The summed E-state index contributed by atoms with van der Waals surface area (Å²) in [6.07, 6.45) is 0. The van der Waals surface area contributed by atoms with Crippen LogP contribution in [-0.4, -0.2) is 28.1 Å². The molecule has 0 saturated carbocycles. The largest absolute Gasteiger partial charge is 0.477 e. The number of hydrogen-bond acceptors (Lipinski definition) is 5. The molecular formula is C12H12ClN3O2S. The Hall–Kier alpha value is -1.66. The highest BCUT2D eigenvalue weighted by Crippen LogP contribution is 2.23. The molecule has 0 saturated heterocycles. The van der Waals surface area contributed by atoms with Crippen LogP contribution in [0.25, 0.3) is 0 Å². The van der Waals surface area contributed by atoms with Crippen LogP contribution in [-0.2, 0) is 6.54 Å². The summed E-state index contributed by atoms with van der Waals surface area (Å²) in [5, 5.41) is 8.98. The third kappa shape index (κ3) is 3.42. The van der Waals surface area contributed by atoms with Crippen LogP contribution in [0.15, 0.2) is 18.2 Å². The van der Waals surface area contributed by atoms with Gasteiger partial charge in [-0.25, -0.2) is 14.8 Å². The van der Waals surface area contributed by atoms with Crippen LogP contribution in [0.5, 0.6) is 0 Å². The Bertz CT molecular complexity index is 615. The smallest absolute Gasteiger partial charge is 0.354 e. The van der Waals surface area contributed by atoms with Crippen molar-refractivity contribution in [2.45, 2.75) is 13.5 Å². The van der Waals surface area contributed by atoms with E-state index in [1.807, 2.05) is 19.2 Å². The summed E-state index contributed by atoms with van der Waals surface area (Å²) in [6.45, 7) is 2.33. The monoisotopic (exact) mass is 297 g/mol. The molecule has 5 nitrogen and oxygen atoms in total. The number of hydrogen-bond donors (Lipinski definition) is 1. The average Bonchev–Trinajstić information content (AvgIpc) is 2.73. The fourth-order valence-electron chi connectivity index (χ4n) is 1.57. The molecule has 0 atom stereocenters. The zero-order chi connectivity index (χ0) is 14.0. The molecule has 19 heavy (non-hydrogen) atoms. The molecule has 0 radical (unpaired) electrons. The van der Waals surface area contributed by atoms with Crippen molar-refractivity contribution in [2.75, 3.05) is 11.9 Å². The molecule has 0 aromatic carbocycles. The van der Waals surface area contributed by atoms with Crippen molar-refractivity contribution >= 4 is 34.9 Å². The predicted molar refractivity (Wildman–Crippen MR) is 75.2 cm³/mol. The maximum Gasteiger partial charge on any atom is 0.354 e. The summed E-state index contributed by atoms with van der Waals surface area (Å²) in [4.78, 5) is 22.1. The number of thiophene rings is 1. The van der Waals surface area contributed by atoms with Crippen LogP contribution in [0.3, 0.4) is 0 Å². The van der Waals surface area contributed by atoms with Crippen LogP contribution in [0.4, 0.5) is 5.95 Å². The first-order valence-corrected chi connectivity index (χ1v) is 6.69. The molecule has 0 unspecified atom stereocenters. The number of aromatic carboxylic acids is 1. The quantitative estimate of drug-likeness (QED) is 0.940. The molecule has 7 heteroatoms.